The number of furan rings is 1. The van der Waals surface area contributed by atoms with E-state index < -0.39 is 0 Å². The molecule has 0 spiro atoms. The van der Waals surface area contributed by atoms with E-state index in [4.69, 9.17) is 4.42 Å². The molecule has 1 aliphatic heterocycles. The van der Waals surface area contributed by atoms with Crippen molar-refractivity contribution in [3.63, 3.8) is 0 Å². The highest BCUT2D eigenvalue weighted by atomic mass is 32.1. The van der Waals surface area contributed by atoms with E-state index in [1.165, 1.54) is 23.7 Å². The first-order chi connectivity index (χ1) is 12.1. The first-order valence-corrected chi connectivity index (χ1v) is 8.75. The zero-order chi connectivity index (χ0) is 17.4. The van der Waals surface area contributed by atoms with Crippen LogP contribution in [-0.4, -0.2) is 47.8 Å². The van der Waals surface area contributed by atoms with Crippen molar-refractivity contribution in [1.82, 2.24) is 9.80 Å². The first kappa shape index (κ1) is 15.8. The third-order valence-corrected chi connectivity index (χ3v) is 5.39. The number of benzene rings is 1. The standard InChI is InChI=1S/C18H15FN2O3S/c19-13-3-1-5-15-12(13)11-16(25-15)18(23)21-8-6-20(7-9-21)17(22)14-4-2-10-24-14/h1-5,10-11H,6-9H2. The van der Waals surface area contributed by atoms with Crippen molar-refractivity contribution in [2.45, 2.75) is 0 Å². The summed E-state index contributed by atoms with van der Waals surface area (Å²) < 4.78 is 19.7. The Morgan fingerprint density at radius 2 is 1.72 bits per heavy atom. The minimum absolute atomic E-state index is 0.120. The molecule has 1 aromatic carbocycles. The molecule has 0 N–H and O–H groups in total. The number of nitrogens with zero attached hydrogens (tertiary/aromatic N) is 2. The van der Waals surface area contributed by atoms with Crippen molar-refractivity contribution in [3.05, 3.63) is 59.1 Å². The second kappa shape index (κ2) is 6.33. The molecule has 1 aliphatic rings. The predicted molar refractivity (Wildman–Crippen MR) is 92.3 cm³/mol. The lowest BCUT2D eigenvalue weighted by Gasteiger charge is -2.34. The summed E-state index contributed by atoms with van der Waals surface area (Å²) in [5.41, 5.74) is 0. The number of piperazine rings is 1. The van der Waals surface area contributed by atoms with Gasteiger partial charge in [-0.2, -0.15) is 0 Å². The zero-order valence-corrected chi connectivity index (χ0v) is 14.1. The number of carbonyl (C=O) groups is 2. The lowest BCUT2D eigenvalue weighted by Crippen LogP contribution is -2.50. The van der Waals surface area contributed by atoms with E-state index in [1.807, 2.05) is 0 Å². The average Bonchev–Trinajstić information content (AvgIpc) is 3.31. The molecule has 0 radical (unpaired) electrons. The molecule has 3 heterocycles. The third kappa shape index (κ3) is 2.91. The van der Waals surface area contributed by atoms with Crippen LogP contribution in [0.3, 0.4) is 0 Å². The topological polar surface area (TPSA) is 53.8 Å². The maximum absolute atomic E-state index is 13.8. The molecule has 1 saturated heterocycles. The molecule has 25 heavy (non-hydrogen) atoms. The van der Waals surface area contributed by atoms with Gasteiger partial charge in [0.2, 0.25) is 0 Å². The predicted octanol–water partition coefficient (Wildman–Crippen LogP) is 3.23. The number of fused-ring (bicyclic) bond motifs is 1. The largest absolute Gasteiger partial charge is 0.459 e. The molecule has 2 aromatic heterocycles. The summed E-state index contributed by atoms with van der Waals surface area (Å²) in [6.07, 6.45) is 1.47. The van der Waals surface area contributed by atoms with Crippen LogP contribution in [0.1, 0.15) is 20.2 Å². The molecular formula is C18H15FN2O3S. The summed E-state index contributed by atoms with van der Waals surface area (Å²) in [6, 6.07) is 9.75. The Morgan fingerprint density at radius 3 is 2.36 bits per heavy atom. The summed E-state index contributed by atoms with van der Waals surface area (Å²) in [4.78, 5) is 28.8. The highest BCUT2D eigenvalue weighted by molar-refractivity contribution is 7.20. The van der Waals surface area contributed by atoms with Gasteiger partial charge in [0.05, 0.1) is 11.1 Å². The molecule has 2 amide bonds. The van der Waals surface area contributed by atoms with Crippen molar-refractivity contribution in [2.75, 3.05) is 26.2 Å². The molecule has 3 aromatic rings. The van der Waals surface area contributed by atoms with E-state index >= 15 is 0 Å². The molecular weight excluding hydrogens is 343 g/mol. The smallest absolute Gasteiger partial charge is 0.289 e. The van der Waals surface area contributed by atoms with Crippen molar-refractivity contribution >= 4 is 33.2 Å². The normalized spacial score (nSPS) is 14.9. The summed E-state index contributed by atoms with van der Waals surface area (Å²) in [5.74, 6) is -0.298. The van der Waals surface area contributed by atoms with Crippen LogP contribution in [0.25, 0.3) is 10.1 Å². The Morgan fingerprint density at radius 1 is 1.00 bits per heavy atom. The van der Waals surface area contributed by atoms with Crippen LogP contribution >= 0.6 is 11.3 Å². The van der Waals surface area contributed by atoms with Gasteiger partial charge in [0.1, 0.15) is 5.82 Å². The van der Waals surface area contributed by atoms with Gasteiger partial charge >= 0.3 is 0 Å². The maximum Gasteiger partial charge on any atom is 0.289 e. The zero-order valence-electron chi connectivity index (χ0n) is 13.3. The average molecular weight is 358 g/mol. The van der Waals surface area contributed by atoms with Gasteiger partial charge in [-0.05, 0) is 30.3 Å². The summed E-state index contributed by atoms with van der Waals surface area (Å²) in [6.45, 7) is 1.79. The highest BCUT2D eigenvalue weighted by Crippen LogP contribution is 2.28. The van der Waals surface area contributed by atoms with E-state index in [0.29, 0.717) is 42.2 Å². The lowest BCUT2D eigenvalue weighted by atomic mass is 10.2. The minimum atomic E-state index is -0.318. The fourth-order valence-corrected chi connectivity index (χ4v) is 4.00. The van der Waals surface area contributed by atoms with Crippen LogP contribution in [0.15, 0.2) is 47.1 Å². The molecule has 128 valence electrons. The SMILES string of the molecule is O=C(c1ccco1)N1CCN(C(=O)c2cc3c(F)cccc3s2)CC1. The van der Waals surface area contributed by atoms with Gasteiger partial charge in [-0.25, -0.2) is 4.39 Å². The van der Waals surface area contributed by atoms with E-state index in [0.717, 1.165) is 4.70 Å². The Balaban J connectivity index is 1.45. The minimum Gasteiger partial charge on any atom is -0.459 e. The van der Waals surface area contributed by atoms with Crippen molar-refractivity contribution < 1.29 is 18.4 Å². The molecule has 1 fully saturated rings. The Labute approximate surface area is 147 Å². The Kier molecular flexibility index (Phi) is 4.01. The van der Waals surface area contributed by atoms with Gasteiger partial charge in [-0.3, -0.25) is 9.59 Å². The number of thiophene rings is 1. The van der Waals surface area contributed by atoms with Gasteiger partial charge < -0.3 is 14.2 Å². The van der Waals surface area contributed by atoms with Gasteiger partial charge in [-0.1, -0.05) is 6.07 Å². The maximum atomic E-state index is 13.8. The number of hydrogen-bond acceptors (Lipinski definition) is 4. The van der Waals surface area contributed by atoms with Gasteiger partial charge in [0.25, 0.3) is 11.8 Å². The molecule has 5 nitrogen and oxygen atoms in total. The monoisotopic (exact) mass is 358 g/mol. The second-order valence-electron chi connectivity index (χ2n) is 5.82. The van der Waals surface area contributed by atoms with Gasteiger partial charge in [-0.15, -0.1) is 11.3 Å². The van der Waals surface area contributed by atoms with E-state index in [2.05, 4.69) is 0 Å². The van der Waals surface area contributed by atoms with Gasteiger partial charge in [0, 0.05) is 36.3 Å². The van der Waals surface area contributed by atoms with Crippen LogP contribution in [0, 0.1) is 5.82 Å². The number of carbonyl (C=O) groups excluding carboxylic acids is 2. The van der Waals surface area contributed by atoms with E-state index in [9.17, 15) is 14.0 Å². The molecule has 0 saturated carbocycles. The molecule has 0 atom stereocenters. The quantitative estimate of drug-likeness (QED) is 0.707. The van der Waals surface area contributed by atoms with Crippen LogP contribution in [-0.2, 0) is 0 Å². The van der Waals surface area contributed by atoms with Crippen LogP contribution in [0.2, 0.25) is 0 Å². The molecule has 7 heteroatoms. The van der Waals surface area contributed by atoms with Crippen LogP contribution in [0.5, 0.6) is 0 Å². The Bertz CT molecular complexity index is 927. The third-order valence-electron chi connectivity index (χ3n) is 4.31. The van der Waals surface area contributed by atoms with Crippen LogP contribution < -0.4 is 0 Å². The molecule has 0 unspecified atom stereocenters. The number of amides is 2. The number of halogens is 1. The van der Waals surface area contributed by atoms with Crippen molar-refractivity contribution in [2.24, 2.45) is 0 Å². The van der Waals surface area contributed by atoms with E-state index in [-0.39, 0.29) is 17.6 Å². The number of hydrogen-bond donors (Lipinski definition) is 0. The lowest BCUT2D eigenvalue weighted by molar-refractivity contribution is 0.0520. The van der Waals surface area contributed by atoms with Crippen LogP contribution in [0.4, 0.5) is 4.39 Å². The molecule has 4 rings (SSSR count). The Hall–Kier alpha value is -2.67. The summed E-state index contributed by atoms with van der Waals surface area (Å²) in [5, 5.41) is 0.475. The van der Waals surface area contributed by atoms with E-state index in [1.54, 1.807) is 40.1 Å². The summed E-state index contributed by atoms with van der Waals surface area (Å²) >= 11 is 1.29. The van der Waals surface area contributed by atoms with Crippen molar-refractivity contribution in [1.29, 1.82) is 0 Å². The highest BCUT2D eigenvalue weighted by Gasteiger charge is 2.27. The second-order valence-corrected chi connectivity index (χ2v) is 6.91. The van der Waals surface area contributed by atoms with Gasteiger partial charge in [0.15, 0.2) is 5.76 Å². The first-order valence-electron chi connectivity index (χ1n) is 7.93. The molecule has 0 aliphatic carbocycles. The number of rotatable bonds is 2. The molecule has 0 bridgehead atoms. The summed E-state index contributed by atoms with van der Waals surface area (Å²) in [7, 11) is 0. The fourth-order valence-electron chi connectivity index (χ4n) is 2.96. The van der Waals surface area contributed by atoms with Crippen molar-refractivity contribution in [3.8, 4) is 0 Å². The fraction of sp³-hybridized carbons (Fsp3) is 0.222.